The third-order valence-corrected chi connectivity index (χ3v) is 4.88. The van der Waals surface area contributed by atoms with E-state index in [2.05, 4.69) is 13.8 Å². The van der Waals surface area contributed by atoms with Crippen molar-refractivity contribution in [2.45, 2.75) is 32.9 Å². The van der Waals surface area contributed by atoms with Gasteiger partial charge in [0.1, 0.15) is 4.88 Å². The third kappa shape index (κ3) is 4.60. The highest BCUT2D eigenvalue weighted by molar-refractivity contribution is 7.84. The molecular weight excluding hydrogens is 256 g/mol. The molecule has 0 radical (unpaired) electrons. The zero-order chi connectivity index (χ0) is 13.0. The molecule has 0 saturated carbocycles. The Balaban J connectivity index is 2.62. The van der Waals surface area contributed by atoms with Crippen molar-refractivity contribution in [2.75, 3.05) is 5.75 Å². The normalized spacial score (nSPS) is 12.9. The number of carboxylic acids is 1. The average Bonchev–Trinajstić information content (AvgIpc) is 2.58. The number of hydrogen-bond donors (Lipinski definition) is 1. The molecule has 0 amide bonds. The number of aromatic carboxylic acids is 1. The second kappa shape index (κ2) is 6.31. The Morgan fingerprint density at radius 1 is 1.53 bits per heavy atom. The van der Waals surface area contributed by atoms with Crippen LogP contribution in [0.2, 0.25) is 0 Å². The van der Waals surface area contributed by atoms with Gasteiger partial charge in [-0.05, 0) is 30.9 Å². The topological polar surface area (TPSA) is 54.4 Å². The Hall–Kier alpha value is -0.680. The van der Waals surface area contributed by atoms with E-state index in [4.69, 9.17) is 5.11 Å². The molecule has 96 valence electrons. The maximum atomic E-state index is 11.8. The van der Waals surface area contributed by atoms with Crippen molar-refractivity contribution in [3.05, 3.63) is 21.4 Å². The monoisotopic (exact) mass is 274 g/mol. The lowest BCUT2D eigenvalue weighted by Crippen LogP contribution is -2.04. The smallest absolute Gasteiger partial charge is 0.345 e. The largest absolute Gasteiger partial charge is 0.477 e. The molecule has 1 heterocycles. The van der Waals surface area contributed by atoms with Gasteiger partial charge in [-0.25, -0.2) is 4.79 Å². The second-order valence-corrected chi connectivity index (χ2v) is 7.30. The first kappa shape index (κ1) is 14.4. The fourth-order valence-corrected chi connectivity index (χ4v) is 3.88. The average molecular weight is 274 g/mol. The Labute approximate surface area is 108 Å². The van der Waals surface area contributed by atoms with E-state index in [9.17, 15) is 9.00 Å². The molecule has 1 unspecified atom stereocenters. The van der Waals surface area contributed by atoms with Gasteiger partial charge in [-0.15, -0.1) is 11.3 Å². The van der Waals surface area contributed by atoms with E-state index >= 15 is 0 Å². The number of carbonyl (C=O) groups is 1. The van der Waals surface area contributed by atoms with Gasteiger partial charge in [0, 0.05) is 27.2 Å². The lowest BCUT2D eigenvalue weighted by molar-refractivity contribution is 0.0702. The summed E-state index contributed by atoms with van der Waals surface area (Å²) < 4.78 is 11.8. The first-order valence-corrected chi connectivity index (χ1v) is 7.88. The second-order valence-electron chi connectivity index (χ2n) is 4.47. The predicted octanol–water partition coefficient (Wildman–Crippen LogP) is 3.05. The van der Waals surface area contributed by atoms with E-state index in [0.717, 1.165) is 16.9 Å². The molecule has 5 heteroatoms. The summed E-state index contributed by atoms with van der Waals surface area (Å²) in [6, 6.07) is 1.65. The molecule has 0 fully saturated rings. The first-order valence-electron chi connectivity index (χ1n) is 5.57. The summed E-state index contributed by atoms with van der Waals surface area (Å²) in [6.45, 7) is 6.09. The molecule has 1 N–H and O–H groups in total. The zero-order valence-corrected chi connectivity index (χ0v) is 12.0. The lowest BCUT2D eigenvalue weighted by atomic mass is 10.2. The Bertz CT molecular complexity index is 421. The summed E-state index contributed by atoms with van der Waals surface area (Å²) in [4.78, 5) is 12.1. The Morgan fingerprint density at radius 2 is 2.18 bits per heavy atom. The summed E-state index contributed by atoms with van der Waals surface area (Å²) in [5.41, 5.74) is 0.912. The highest BCUT2D eigenvalue weighted by Crippen LogP contribution is 2.23. The minimum absolute atomic E-state index is 0.332. The van der Waals surface area contributed by atoms with Gasteiger partial charge in [0.05, 0.1) is 0 Å². The van der Waals surface area contributed by atoms with Gasteiger partial charge in [-0.3, -0.25) is 4.21 Å². The molecule has 0 aromatic carbocycles. The summed E-state index contributed by atoms with van der Waals surface area (Å²) in [7, 11) is -0.888. The molecule has 0 bridgehead atoms. The van der Waals surface area contributed by atoms with Crippen LogP contribution < -0.4 is 0 Å². The van der Waals surface area contributed by atoms with Crippen LogP contribution in [0.3, 0.4) is 0 Å². The Kier molecular flexibility index (Phi) is 5.33. The summed E-state index contributed by atoms with van der Waals surface area (Å²) >= 11 is 1.25. The van der Waals surface area contributed by atoms with Crippen LogP contribution in [0.15, 0.2) is 6.07 Å². The molecule has 17 heavy (non-hydrogen) atoms. The molecule has 0 aliphatic rings. The van der Waals surface area contributed by atoms with E-state index < -0.39 is 16.8 Å². The predicted molar refractivity (Wildman–Crippen MR) is 72.2 cm³/mol. The van der Waals surface area contributed by atoms with E-state index in [1.54, 1.807) is 6.07 Å². The van der Waals surface area contributed by atoms with Gasteiger partial charge in [-0.2, -0.15) is 0 Å². The molecule has 0 saturated heterocycles. The van der Waals surface area contributed by atoms with Gasteiger partial charge in [-0.1, -0.05) is 13.8 Å². The van der Waals surface area contributed by atoms with E-state index in [-0.39, 0.29) is 0 Å². The van der Waals surface area contributed by atoms with Crippen molar-refractivity contribution in [3.63, 3.8) is 0 Å². The third-order valence-electron chi connectivity index (χ3n) is 2.47. The highest BCUT2D eigenvalue weighted by atomic mass is 32.2. The minimum Gasteiger partial charge on any atom is -0.477 e. The highest BCUT2D eigenvalue weighted by Gasteiger charge is 2.13. The maximum absolute atomic E-state index is 11.8. The quantitative estimate of drug-likeness (QED) is 0.867. The summed E-state index contributed by atoms with van der Waals surface area (Å²) in [6.07, 6.45) is 0.946. The number of thiophene rings is 1. The zero-order valence-electron chi connectivity index (χ0n) is 10.4. The van der Waals surface area contributed by atoms with Crippen LogP contribution in [-0.4, -0.2) is 21.0 Å². The van der Waals surface area contributed by atoms with Gasteiger partial charge in [0.15, 0.2) is 0 Å². The molecule has 1 atom stereocenters. The SMILES string of the molecule is Cc1sc(C(=O)O)cc1CS(=O)CCC(C)C. The van der Waals surface area contributed by atoms with Gasteiger partial charge < -0.3 is 5.11 Å². The molecule has 1 aromatic heterocycles. The standard InChI is InChI=1S/C12H18O3S2/c1-8(2)4-5-17(15)7-10-6-11(12(13)14)16-9(10)3/h6,8H,4-5,7H2,1-3H3,(H,13,14). The molecule has 1 rings (SSSR count). The van der Waals surface area contributed by atoms with Crippen molar-refractivity contribution in [2.24, 2.45) is 5.92 Å². The minimum atomic E-state index is -0.905. The fraction of sp³-hybridized carbons (Fsp3) is 0.583. The fourth-order valence-electron chi connectivity index (χ4n) is 1.38. The van der Waals surface area contributed by atoms with Crippen molar-refractivity contribution < 1.29 is 14.1 Å². The van der Waals surface area contributed by atoms with Gasteiger partial charge >= 0.3 is 5.97 Å². The van der Waals surface area contributed by atoms with Crippen LogP contribution in [0.25, 0.3) is 0 Å². The van der Waals surface area contributed by atoms with E-state index in [1.807, 2.05) is 6.92 Å². The number of rotatable bonds is 6. The van der Waals surface area contributed by atoms with Crippen LogP contribution >= 0.6 is 11.3 Å². The van der Waals surface area contributed by atoms with Crippen molar-refractivity contribution in [3.8, 4) is 0 Å². The Morgan fingerprint density at radius 3 is 2.65 bits per heavy atom. The number of carboxylic acid groups (broad SMARTS) is 1. The molecule has 0 aliphatic heterocycles. The number of aryl methyl sites for hydroxylation is 1. The van der Waals surface area contributed by atoms with Crippen molar-refractivity contribution >= 4 is 28.1 Å². The van der Waals surface area contributed by atoms with Crippen LogP contribution in [-0.2, 0) is 16.6 Å². The summed E-state index contributed by atoms with van der Waals surface area (Å²) in [5, 5.41) is 8.87. The van der Waals surface area contributed by atoms with Crippen LogP contribution in [0.1, 0.15) is 40.4 Å². The molecule has 0 spiro atoms. The van der Waals surface area contributed by atoms with E-state index in [0.29, 0.717) is 22.3 Å². The number of hydrogen-bond acceptors (Lipinski definition) is 3. The lowest BCUT2D eigenvalue weighted by Gasteiger charge is -2.04. The maximum Gasteiger partial charge on any atom is 0.345 e. The van der Waals surface area contributed by atoms with E-state index in [1.165, 1.54) is 11.3 Å². The van der Waals surface area contributed by atoms with Crippen LogP contribution in [0, 0.1) is 12.8 Å². The van der Waals surface area contributed by atoms with Crippen molar-refractivity contribution in [1.82, 2.24) is 0 Å². The van der Waals surface area contributed by atoms with Crippen LogP contribution in [0.4, 0.5) is 0 Å². The van der Waals surface area contributed by atoms with Crippen molar-refractivity contribution in [1.29, 1.82) is 0 Å². The molecule has 1 aromatic rings. The summed E-state index contributed by atoms with van der Waals surface area (Å²) in [5.74, 6) is 0.812. The van der Waals surface area contributed by atoms with Gasteiger partial charge in [0.2, 0.25) is 0 Å². The molecular formula is C12H18O3S2. The molecule has 3 nitrogen and oxygen atoms in total. The van der Waals surface area contributed by atoms with Crippen LogP contribution in [0.5, 0.6) is 0 Å². The molecule has 0 aliphatic carbocycles. The first-order chi connectivity index (χ1) is 7.90. The van der Waals surface area contributed by atoms with Gasteiger partial charge in [0.25, 0.3) is 0 Å².